The number of hydrogen-bond acceptors (Lipinski definition) is 8. The summed E-state index contributed by atoms with van der Waals surface area (Å²) in [6.07, 6.45) is 6.66. The maximum atomic E-state index is 13.2. The van der Waals surface area contributed by atoms with Crippen molar-refractivity contribution in [1.82, 2.24) is 19.8 Å². The Morgan fingerprint density at radius 2 is 1.55 bits per heavy atom. The molecule has 2 heterocycles. The molecule has 2 atom stereocenters. The van der Waals surface area contributed by atoms with Gasteiger partial charge in [-0.1, -0.05) is 77.8 Å². The van der Waals surface area contributed by atoms with Crippen LogP contribution >= 0.6 is 0 Å². The van der Waals surface area contributed by atoms with E-state index in [1.807, 2.05) is 90.6 Å². The highest BCUT2D eigenvalue weighted by Crippen LogP contribution is 2.27. The molecule has 1 saturated heterocycles. The summed E-state index contributed by atoms with van der Waals surface area (Å²) in [5.41, 5.74) is 1.51. The number of anilines is 3. The van der Waals surface area contributed by atoms with Crippen LogP contribution in [0.25, 0.3) is 0 Å². The summed E-state index contributed by atoms with van der Waals surface area (Å²) >= 11 is 0. The third-order valence-corrected chi connectivity index (χ3v) is 7.87. The van der Waals surface area contributed by atoms with Gasteiger partial charge in [0.15, 0.2) is 5.82 Å². The second-order valence-electron chi connectivity index (χ2n) is 11.1. The minimum absolute atomic E-state index is 0.0942. The first-order valence-electron chi connectivity index (χ1n) is 18.2. The Morgan fingerprint density at radius 3 is 2.06 bits per heavy atom. The van der Waals surface area contributed by atoms with Crippen molar-refractivity contribution >= 4 is 35.5 Å². The van der Waals surface area contributed by atoms with Gasteiger partial charge in [0, 0.05) is 45.8 Å². The lowest BCUT2D eigenvalue weighted by Gasteiger charge is -2.32. The van der Waals surface area contributed by atoms with Gasteiger partial charge in [0.1, 0.15) is 18.3 Å². The number of carboxylic acid groups (broad SMARTS) is 1. The van der Waals surface area contributed by atoms with Gasteiger partial charge in [-0.15, -0.1) is 0 Å². The average Bonchev–Trinajstić information content (AvgIpc) is 3.69. The number of ether oxygens (including phenoxy) is 1. The molecule has 2 unspecified atom stereocenters. The van der Waals surface area contributed by atoms with E-state index in [9.17, 15) is 19.5 Å². The number of carbonyl (C=O) groups excluding carboxylic acids is 2. The highest BCUT2D eigenvalue weighted by molar-refractivity contribution is 5.95. The largest absolute Gasteiger partial charge is 0.480 e. The topological polar surface area (TPSA) is 131 Å². The Morgan fingerprint density at radius 1 is 0.959 bits per heavy atom. The maximum Gasteiger partial charge on any atom is 0.410 e. The second kappa shape index (κ2) is 25.9. The molecule has 1 aliphatic rings. The first kappa shape index (κ1) is 44.9. The Bertz CT molecular complexity index is 1190. The minimum Gasteiger partial charge on any atom is -0.480 e. The van der Waals surface area contributed by atoms with Gasteiger partial charge < -0.3 is 29.9 Å². The fourth-order valence-electron chi connectivity index (χ4n) is 4.79. The second-order valence-corrected chi connectivity index (χ2v) is 11.1. The SMILES string of the molecule is CC.CC.CCCCC(C)N(C)C(=O)N(CC)c1cnc(N(CC)CC)nc1NC(C)C(=O)O.O=C(OCc1ccccc1)N1CCCC1. The van der Waals surface area contributed by atoms with E-state index in [1.54, 1.807) is 34.9 Å². The molecule has 3 rings (SSSR count). The summed E-state index contributed by atoms with van der Waals surface area (Å²) in [6.45, 7) is 23.5. The third-order valence-electron chi connectivity index (χ3n) is 7.87. The summed E-state index contributed by atoms with van der Waals surface area (Å²) < 4.78 is 5.20. The maximum absolute atomic E-state index is 13.2. The van der Waals surface area contributed by atoms with Gasteiger partial charge in [0.05, 0.1) is 6.20 Å². The molecule has 0 spiro atoms. The van der Waals surface area contributed by atoms with E-state index in [0.29, 0.717) is 30.6 Å². The zero-order chi connectivity index (χ0) is 37.4. The molecule has 1 aromatic carbocycles. The van der Waals surface area contributed by atoms with Crippen LogP contribution in [-0.4, -0.2) is 94.8 Å². The van der Waals surface area contributed by atoms with Crippen molar-refractivity contribution in [2.75, 3.05) is 54.9 Å². The zero-order valence-corrected chi connectivity index (χ0v) is 32.2. The molecule has 2 aromatic rings. The third kappa shape index (κ3) is 15.3. The molecule has 0 radical (unpaired) electrons. The van der Waals surface area contributed by atoms with Crippen LogP contribution in [0.3, 0.4) is 0 Å². The average molecular weight is 688 g/mol. The number of carbonyl (C=O) groups is 3. The summed E-state index contributed by atoms with van der Waals surface area (Å²) in [7, 11) is 1.80. The van der Waals surface area contributed by atoms with Crippen molar-refractivity contribution < 1.29 is 24.2 Å². The molecule has 1 aliphatic heterocycles. The van der Waals surface area contributed by atoms with Gasteiger partial charge in [-0.2, -0.15) is 4.98 Å². The van der Waals surface area contributed by atoms with Gasteiger partial charge in [0.2, 0.25) is 5.95 Å². The van der Waals surface area contributed by atoms with Gasteiger partial charge in [0.25, 0.3) is 0 Å². The molecule has 12 heteroatoms. The molecule has 1 aromatic heterocycles. The van der Waals surface area contributed by atoms with E-state index in [4.69, 9.17) is 4.74 Å². The van der Waals surface area contributed by atoms with Crippen LogP contribution in [0, 0.1) is 0 Å². The molecule has 1 fully saturated rings. The Labute approximate surface area is 296 Å². The molecule has 2 N–H and O–H groups in total. The number of unbranched alkanes of at least 4 members (excludes halogenated alkanes) is 1. The fourth-order valence-corrected chi connectivity index (χ4v) is 4.79. The number of benzene rings is 1. The highest BCUT2D eigenvalue weighted by atomic mass is 16.6. The standard InChI is InChI=1S/C21H38N6O3.C12H15NO2.2C2H6/c1-8-12-13-15(5)25(7)21(30)27(11-4)17-14-22-20(26(9-2)10-3)24-18(17)23-16(6)19(28)29;14-12(13-8-4-5-9-13)15-10-11-6-2-1-3-7-11;2*1-2/h14-16H,8-13H2,1-7H3,(H,28,29)(H,22,23,24);1-3,6-7H,4-5,8-10H2;2*1-2H3. The molecule has 0 aliphatic carbocycles. The predicted molar refractivity (Wildman–Crippen MR) is 202 cm³/mol. The number of urea groups is 1. The number of amides is 3. The first-order chi connectivity index (χ1) is 23.6. The van der Waals surface area contributed by atoms with Crippen molar-refractivity contribution in [1.29, 1.82) is 0 Å². The van der Waals surface area contributed by atoms with Gasteiger partial charge in [-0.05, 0) is 59.4 Å². The quantitative estimate of drug-likeness (QED) is 0.202. The van der Waals surface area contributed by atoms with E-state index in [2.05, 4.69) is 22.2 Å². The molecule has 12 nitrogen and oxygen atoms in total. The zero-order valence-electron chi connectivity index (χ0n) is 32.2. The number of nitrogens with one attached hydrogen (secondary N) is 1. The smallest absolute Gasteiger partial charge is 0.410 e. The number of aromatic nitrogens is 2. The summed E-state index contributed by atoms with van der Waals surface area (Å²) in [5.74, 6) is -0.160. The van der Waals surface area contributed by atoms with Crippen molar-refractivity contribution in [3.8, 4) is 0 Å². The van der Waals surface area contributed by atoms with Crippen LogP contribution in [0.15, 0.2) is 36.5 Å². The Balaban J connectivity index is 0.00000100. The van der Waals surface area contributed by atoms with Gasteiger partial charge in [-0.3, -0.25) is 9.69 Å². The number of likely N-dealkylation sites (tertiary alicyclic amines) is 1. The number of rotatable bonds is 14. The summed E-state index contributed by atoms with van der Waals surface area (Å²) in [4.78, 5) is 52.2. The first-order valence-corrected chi connectivity index (χ1v) is 18.2. The van der Waals surface area contributed by atoms with Crippen molar-refractivity contribution in [3.63, 3.8) is 0 Å². The van der Waals surface area contributed by atoms with Crippen LogP contribution < -0.4 is 15.1 Å². The van der Waals surface area contributed by atoms with Crippen molar-refractivity contribution in [3.05, 3.63) is 42.1 Å². The van der Waals surface area contributed by atoms with E-state index in [-0.39, 0.29) is 18.2 Å². The van der Waals surface area contributed by atoms with Crippen LogP contribution in [0.1, 0.15) is 107 Å². The van der Waals surface area contributed by atoms with Crippen molar-refractivity contribution in [2.45, 2.75) is 120 Å². The number of hydrogen-bond donors (Lipinski definition) is 2. The van der Waals surface area contributed by atoms with E-state index in [0.717, 1.165) is 63.8 Å². The Hall–Kier alpha value is -4.09. The molecular weight excluding hydrogens is 622 g/mol. The van der Waals surface area contributed by atoms with Crippen LogP contribution in [0.5, 0.6) is 0 Å². The minimum atomic E-state index is -0.997. The van der Waals surface area contributed by atoms with E-state index < -0.39 is 12.0 Å². The summed E-state index contributed by atoms with van der Waals surface area (Å²) in [5, 5.41) is 12.3. The van der Waals surface area contributed by atoms with Gasteiger partial charge >= 0.3 is 18.1 Å². The van der Waals surface area contributed by atoms with E-state index in [1.165, 1.54) is 0 Å². The Kier molecular flexibility index (Phi) is 23.7. The van der Waals surface area contributed by atoms with Crippen LogP contribution in [-0.2, 0) is 16.1 Å². The highest BCUT2D eigenvalue weighted by Gasteiger charge is 2.27. The lowest BCUT2D eigenvalue weighted by Crippen LogP contribution is -2.45. The molecule has 3 amide bonds. The van der Waals surface area contributed by atoms with Crippen LogP contribution in [0.2, 0.25) is 0 Å². The number of nitrogens with zero attached hydrogens (tertiary/aromatic N) is 6. The molecule has 278 valence electrons. The monoisotopic (exact) mass is 688 g/mol. The van der Waals surface area contributed by atoms with E-state index >= 15 is 0 Å². The normalized spacial score (nSPS) is 12.8. The lowest BCUT2D eigenvalue weighted by molar-refractivity contribution is -0.137. The lowest BCUT2D eigenvalue weighted by atomic mass is 10.1. The fraction of sp³-hybridized carbons (Fsp3) is 0.649. The molecular formula is C37H65N7O5. The molecule has 0 saturated carbocycles. The number of carboxylic acids is 1. The molecule has 49 heavy (non-hydrogen) atoms. The van der Waals surface area contributed by atoms with Crippen LogP contribution in [0.4, 0.5) is 27.0 Å². The van der Waals surface area contributed by atoms with Gasteiger partial charge in [-0.25, -0.2) is 14.6 Å². The molecule has 0 bridgehead atoms. The number of aliphatic carboxylic acids is 1. The summed E-state index contributed by atoms with van der Waals surface area (Å²) in [6, 6.07) is 8.82. The predicted octanol–water partition coefficient (Wildman–Crippen LogP) is 8.14. The van der Waals surface area contributed by atoms with Crippen molar-refractivity contribution in [2.24, 2.45) is 0 Å².